The van der Waals surface area contributed by atoms with Crippen molar-refractivity contribution in [3.05, 3.63) is 99.2 Å². The van der Waals surface area contributed by atoms with Gasteiger partial charge in [-0.25, -0.2) is 4.79 Å². The number of nitrogens with zero attached hydrogens (tertiary/aromatic N) is 3. The van der Waals surface area contributed by atoms with Crippen LogP contribution in [0.25, 0.3) is 5.00 Å². The highest BCUT2D eigenvalue weighted by atomic mass is 32.1. The maximum Gasteiger partial charge on any atom is 0.322 e. The number of carbonyl (C=O) groups is 1. The molecule has 0 unspecified atom stereocenters. The fraction of sp³-hybridized carbons (Fsp3) is 0.300. The lowest BCUT2D eigenvalue weighted by molar-refractivity contribution is 0.194. The van der Waals surface area contributed by atoms with Gasteiger partial charge in [0, 0.05) is 35.4 Å². The number of anilines is 1. The first-order valence-electron chi connectivity index (χ1n) is 12.7. The van der Waals surface area contributed by atoms with Crippen LogP contribution in [0.15, 0.2) is 60.8 Å². The second-order valence-corrected chi connectivity index (χ2v) is 11.2. The van der Waals surface area contributed by atoms with Crippen LogP contribution in [-0.4, -0.2) is 41.1 Å². The van der Waals surface area contributed by atoms with Gasteiger partial charge in [0.2, 0.25) is 0 Å². The smallest absolute Gasteiger partial charge is 0.322 e. The Balaban J connectivity index is 1.49. The van der Waals surface area contributed by atoms with Gasteiger partial charge in [0.25, 0.3) is 0 Å². The number of urea groups is 1. The first-order valence-corrected chi connectivity index (χ1v) is 13.5. The maximum atomic E-state index is 14.1. The van der Waals surface area contributed by atoms with Gasteiger partial charge in [-0.15, -0.1) is 11.3 Å². The second kappa shape index (κ2) is 9.39. The zero-order chi connectivity index (χ0) is 25.7. The number of likely N-dealkylation sites (N-methyl/N-ethyl adjacent to an activating group) is 1. The zero-order valence-corrected chi connectivity index (χ0v) is 22.6. The minimum absolute atomic E-state index is 0.107. The lowest BCUT2D eigenvalue weighted by Crippen LogP contribution is -2.38. The molecule has 1 atom stereocenters. The van der Waals surface area contributed by atoms with Crippen LogP contribution in [0.4, 0.5) is 10.5 Å². The third-order valence-electron chi connectivity index (χ3n) is 7.68. The molecule has 190 valence electrons. The minimum atomic E-state index is -0.266. The van der Waals surface area contributed by atoms with Crippen LogP contribution >= 0.6 is 11.3 Å². The van der Waals surface area contributed by atoms with Crippen molar-refractivity contribution in [2.75, 3.05) is 26.0 Å². The molecule has 0 saturated carbocycles. The SMILES string of the molecule is COc1cccc([C@@H]2c3cccn3-c3sc4c(c3CN2C(=O)Nc2ccc(C)c(C)c2)CCN(C)C4)c1. The third-order valence-corrected chi connectivity index (χ3v) is 8.94. The van der Waals surface area contributed by atoms with Crippen molar-refractivity contribution in [3.8, 4) is 10.8 Å². The third kappa shape index (κ3) is 4.22. The maximum absolute atomic E-state index is 14.1. The van der Waals surface area contributed by atoms with Gasteiger partial charge in [0.15, 0.2) is 0 Å². The standard InChI is InChI=1S/C30H32N4O2S/c1-19-10-11-22(15-20(19)2)31-30(35)34-17-25-24-12-14-32(3)18-27(24)37-29(25)33-13-6-9-26(33)28(34)21-7-5-8-23(16-21)36-4/h5-11,13,15-16,28H,12,14,17-18H2,1-4H3,(H,31,35)/t28-/m1/s1. The fourth-order valence-corrected chi connectivity index (χ4v) is 6.97. The summed E-state index contributed by atoms with van der Waals surface area (Å²) in [5, 5.41) is 4.44. The van der Waals surface area contributed by atoms with Crippen molar-refractivity contribution in [3.63, 3.8) is 0 Å². The molecule has 2 amide bonds. The topological polar surface area (TPSA) is 49.7 Å². The normalized spacial score (nSPS) is 17.0. The summed E-state index contributed by atoms with van der Waals surface area (Å²) in [7, 11) is 3.86. The van der Waals surface area contributed by atoms with Crippen LogP contribution in [-0.2, 0) is 19.5 Å². The average Bonchev–Trinajstić information content (AvgIpc) is 3.47. The summed E-state index contributed by atoms with van der Waals surface area (Å²) in [4.78, 5) is 19.9. The Labute approximate surface area is 222 Å². The summed E-state index contributed by atoms with van der Waals surface area (Å²) < 4.78 is 7.86. The van der Waals surface area contributed by atoms with Crippen molar-refractivity contribution in [2.45, 2.75) is 39.4 Å². The molecule has 2 aromatic carbocycles. The number of fused-ring (bicyclic) bond motifs is 5. The molecule has 4 heterocycles. The molecular formula is C30H32N4O2S. The number of hydrogen-bond acceptors (Lipinski definition) is 4. The van der Waals surface area contributed by atoms with Crippen LogP contribution < -0.4 is 10.1 Å². The number of aromatic nitrogens is 1. The molecule has 1 N–H and O–H groups in total. The summed E-state index contributed by atoms with van der Waals surface area (Å²) in [5.41, 5.74) is 7.96. The van der Waals surface area contributed by atoms with E-state index in [1.165, 1.54) is 26.6 Å². The van der Waals surface area contributed by atoms with Crippen LogP contribution in [0.2, 0.25) is 0 Å². The van der Waals surface area contributed by atoms with E-state index in [-0.39, 0.29) is 12.1 Å². The number of benzene rings is 2. The molecule has 37 heavy (non-hydrogen) atoms. The lowest BCUT2D eigenvalue weighted by Gasteiger charge is -2.32. The van der Waals surface area contributed by atoms with Crippen molar-refractivity contribution in [1.29, 1.82) is 0 Å². The Hall–Kier alpha value is -3.55. The number of amides is 2. The van der Waals surface area contributed by atoms with E-state index in [1.807, 2.05) is 46.6 Å². The molecule has 4 aromatic rings. The van der Waals surface area contributed by atoms with Gasteiger partial charge in [-0.3, -0.25) is 0 Å². The Bertz CT molecular complexity index is 1490. The summed E-state index contributed by atoms with van der Waals surface area (Å²) in [6.45, 7) is 6.69. The van der Waals surface area contributed by atoms with Crippen molar-refractivity contribution < 1.29 is 9.53 Å². The van der Waals surface area contributed by atoms with E-state index >= 15 is 0 Å². The summed E-state index contributed by atoms with van der Waals surface area (Å²) in [6.07, 6.45) is 3.14. The number of hydrogen-bond donors (Lipinski definition) is 1. The van der Waals surface area contributed by atoms with Crippen molar-refractivity contribution >= 4 is 23.1 Å². The van der Waals surface area contributed by atoms with Gasteiger partial charge in [-0.1, -0.05) is 18.2 Å². The predicted octanol–water partition coefficient (Wildman–Crippen LogP) is 6.29. The largest absolute Gasteiger partial charge is 0.497 e. The molecule has 0 fully saturated rings. The number of methoxy groups -OCH3 is 1. The molecule has 2 aliphatic rings. The van der Waals surface area contributed by atoms with Crippen LogP contribution in [0.5, 0.6) is 5.75 Å². The molecule has 7 heteroatoms. The number of ether oxygens (including phenoxy) is 1. The van der Waals surface area contributed by atoms with Gasteiger partial charge < -0.3 is 24.4 Å². The molecule has 2 aliphatic heterocycles. The van der Waals surface area contributed by atoms with Gasteiger partial charge in [0.1, 0.15) is 10.8 Å². The summed E-state index contributed by atoms with van der Waals surface area (Å²) in [6, 6.07) is 18.0. The molecule has 0 spiro atoms. The Morgan fingerprint density at radius 3 is 2.70 bits per heavy atom. The number of carbonyl (C=O) groups excluding carboxylic acids is 1. The molecular weight excluding hydrogens is 480 g/mol. The molecule has 0 bridgehead atoms. The first-order chi connectivity index (χ1) is 17.9. The van der Waals surface area contributed by atoms with E-state index in [4.69, 9.17) is 4.74 Å². The van der Waals surface area contributed by atoms with Crippen molar-refractivity contribution in [2.24, 2.45) is 0 Å². The van der Waals surface area contributed by atoms with E-state index in [2.05, 4.69) is 66.1 Å². The van der Waals surface area contributed by atoms with E-state index in [9.17, 15) is 4.79 Å². The molecule has 0 saturated heterocycles. The van der Waals surface area contributed by atoms with E-state index in [0.717, 1.165) is 47.8 Å². The highest BCUT2D eigenvalue weighted by Gasteiger charge is 2.36. The Morgan fingerprint density at radius 2 is 1.89 bits per heavy atom. The number of nitrogens with one attached hydrogen (secondary N) is 1. The zero-order valence-electron chi connectivity index (χ0n) is 21.7. The van der Waals surface area contributed by atoms with Gasteiger partial charge in [-0.05, 0) is 86.0 Å². The summed E-state index contributed by atoms with van der Waals surface area (Å²) >= 11 is 1.87. The molecule has 2 aromatic heterocycles. The number of thiophene rings is 1. The van der Waals surface area contributed by atoms with Gasteiger partial charge in [-0.2, -0.15) is 0 Å². The summed E-state index contributed by atoms with van der Waals surface area (Å²) in [5.74, 6) is 0.782. The second-order valence-electron chi connectivity index (χ2n) is 10.1. The molecule has 0 radical (unpaired) electrons. The molecule has 0 aliphatic carbocycles. The quantitative estimate of drug-likeness (QED) is 0.351. The van der Waals surface area contributed by atoms with Gasteiger partial charge >= 0.3 is 6.03 Å². The Kier molecular flexibility index (Phi) is 6.05. The van der Waals surface area contributed by atoms with E-state index in [0.29, 0.717) is 6.54 Å². The predicted molar refractivity (Wildman–Crippen MR) is 149 cm³/mol. The van der Waals surface area contributed by atoms with E-state index < -0.39 is 0 Å². The number of aryl methyl sites for hydroxylation is 2. The number of rotatable bonds is 3. The average molecular weight is 513 g/mol. The van der Waals surface area contributed by atoms with Gasteiger partial charge in [0.05, 0.1) is 25.4 Å². The molecule has 6 rings (SSSR count). The highest BCUT2D eigenvalue weighted by molar-refractivity contribution is 7.15. The van der Waals surface area contributed by atoms with Crippen molar-refractivity contribution in [1.82, 2.24) is 14.4 Å². The first kappa shape index (κ1) is 23.8. The minimum Gasteiger partial charge on any atom is -0.497 e. The van der Waals surface area contributed by atoms with E-state index in [1.54, 1.807) is 7.11 Å². The fourth-order valence-electron chi connectivity index (χ4n) is 5.53. The van der Waals surface area contributed by atoms with Crippen LogP contribution in [0, 0.1) is 13.8 Å². The monoisotopic (exact) mass is 512 g/mol. The molecule has 6 nitrogen and oxygen atoms in total. The highest BCUT2D eigenvalue weighted by Crippen LogP contribution is 2.44. The Morgan fingerprint density at radius 1 is 1.03 bits per heavy atom. The lowest BCUT2D eigenvalue weighted by atomic mass is 10.00. The van der Waals surface area contributed by atoms with Crippen LogP contribution in [0.3, 0.4) is 0 Å². The van der Waals surface area contributed by atoms with Crippen LogP contribution in [0.1, 0.15) is 44.4 Å².